The first-order valence-corrected chi connectivity index (χ1v) is 11.9. The van der Waals surface area contributed by atoms with E-state index >= 15 is 0 Å². The fourth-order valence-corrected chi connectivity index (χ4v) is 6.69. The van der Waals surface area contributed by atoms with Crippen LogP contribution in [0.4, 0.5) is 5.69 Å². The maximum atomic E-state index is 13.7. The Morgan fingerprint density at radius 2 is 2.10 bits per heavy atom. The summed E-state index contributed by atoms with van der Waals surface area (Å²) in [6.07, 6.45) is 3.92. The van der Waals surface area contributed by atoms with Gasteiger partial charge in [-0.2, -0.15) is 9.29 Å². The smallest absolute Gasteiger partial charge is 0.245 e. The highest BCUT2D eigenvalue weighted by Gasteiger charge is 2.54. The molecular formula is C21H28N4O5S. The number of nitrogens with zero attached hydrogens (tertiary/aromatic N) is 3. The Labute approximate surface area is 182 Å². The zero-order valence-electron chi connectivity index (χ0n) is 18.1. The second-order valence-corrected chi connectivity index (χ2v) is 10.5. The van der Waals surface area contributed by atoms with Gasteiger partial charge in [-0.1, -0.05) is 24.1 Å². The van der Waals surface area contributed by atoms with Crippen molar-refractivity contribution >= 4 is 21.6 Å². The van der Waals surface area contributed by atoms with Gasteiger partial charge in [0.1, 0.15) is 11.5 Å². The minimum atomic E-state index is -3.84. The van der Waals surface area contributed by atoms with Gasteiger partial charge < -0.3 is 14.6 Å². The topological polar surface area (TPSA) is 115 Å². The van der Waals surface area contributed by atoms with Crippen molar-refractivity contribution in [3.05, 3.63) is 35.5 Å². The third-order valence-corrected chi connectivity index (χ3v) is 8.19. The van der Waals surface area contributed by atoms with Crippen molar-refractivity contribution in [3.63, 3.8) is 0 Å². The largest absolute Gasteiger partial charge is 0.377 e. The van der Waals surface area contributed by atoms with Crippen LogP contribution in [-0.2, 0) is 26.2 Å². The van der Waals surface area contributed by atoms with Crippen molar-refractivity contribution in [2.24, 2.45) is 5.41 Å². The molecule has 1 N–H and O–H groups in total. The Kier molecular flexibility index (Phi) is 5.89. The van der Waals surface area contributed by atoms with E-state index in [1.165, 1.54) is 11.2 Å². The predicted molar refractivity (Wildman–Crippen MR) is 113 cm³/mol. The molecule has 31 heavy (non-hydrogen) atoms. The Hall–Kier alpha value is -2.30. The first kappa shape index (κ1) is 21.9. The van der Waals surface area contributed by atoms with Crippen LogP contribution in [0.5, 0.6) is 0 Å². The Bertz CT molecular complexity index is 1080. The number of aryl methyl sites for hydroxylation is 1. The summed E-state index contributed by atoms with van der Waals surface area (Å²) in [5.74, 6) is 0.442. The monoisotopic (exact) mass is 448 g/mol. The van der Waals surface area contributed by atoms with Crippen LogP contribution in [0.2, 0.25) is 0 Å². The van der Waals surface area contributed by atoms with E-state index in [1.807, 2.05) is 6.92 Å². The third-order valence-electron chi connectivity index (χ3n) is 6.34. The normalized spacial score (nSPS) is 21.1. The van der Waals surface area contributed by atoms with Crippen molar-refractivity contribution in [1.29, 1.82) is 0 Å². The maximum absolute atomic E-state index is 13.7. The molecule has 1 spiro atoms. The number of sulfonamides is 1. The summed E-state index contributed by atoms with van der Waals surface area (Å²) in [5, 5.41) is 6.63. The molecule has 1 unspecified atom stereocenters. The van der Waals surface area contributed by atoms with Crippen LogP contribution in [0.15, 0.2) is 27.6 Å². The number of ether oxygens (including phenoxy) is 1. The van der Waals surface area contributed by atoms with Gasteiger partial charge in [-0.3, -0.25) is 4.79 Å². The first-order chi connectivity index (χ1) is 14.7. The van der Waals surface area contributed by atoms with Crippen LogP contribution in [0.3, 0.4) is 0 Å². The van der Waals surface area contributed by atoms with E-state index in [1.54, 1.807) is 25.3 Å². The molecule has 2 aromatic rings. The summed E-state index contributed by atoms with van der Waals surface area (Å²) in [6.45, 7) is 4.11. The molecule has 1 saturated carbocycles. The van der Waals surface area contributed by atoms with Crippen LogP contribution < -0.4 is 5.32 Å². The molecule has 10 heteroatoms. The van der Waals surface area contributed by atoms with Gasteiger partial charge in [-0.05, 0) is 42.9 Å². The van der Waals surface area contributed by atoms with Gasteiger partial charge in [0.05, 0.1) is 11.6 Å². The number of hydrogen-bond donors (Lipinski definition) is 1. The van der Waals surface area contributed by atoms with Gasteiger partial charge in [-0.15, -0.1) is 0 Å². The van der Waals surface area contributed by atoms with E-state index in [0.29, 0.717) is 23.9 Å². The molecule has 1 aliphatic carbocycles. The maximum Gasteiger partial charge on any atom is 0.245 e. The van der Waals surface area contributed by atoms with Crippen molar-refractivity contribution < 1.29 is 22.5 Å². The SMILES string of the molecule is COCc1noc(C2CN(S(=O)(=O)c3cc(C)ccc3NC(C)=O)CC23CCCC3)n1. The molecule has 1 atom stereocenters. The molecule has 9 nitrogen and oxygen atoms in total. The van der Waals surface area contributed by atoms with E-state index in [2.05, 4.69) is 15.5 Å². The average Bonchev–Trinajstić information content (AvgIpc) is 3.44. The summed E-state index contributed by atoms with van der Waals surface area (Å²) < 4.78 is 39.5. The Balaban J connectivity index is 1.70. The van der Waals surface area contributed by atoms with Gasteiger partial charge in [0.2, 0.25) is 21.8 Å². The van der Waals surface area contributed by atoms with Gasteiger partial charge in [0.15, 0.2) is 5.82 Å². The van der Waals surface area contributed by atoms with Crippen molar-refractivity contribution in [2.75, 3.05) is 25.5 Å². The average molecular weight is 449 g/mol. The summed E-state index contributed by atoms with van der Waals surface area (Å²) in [5.41, 5.74) is 0.879. The minimum Gasteiger partial charge on any atom is -0.377 e. The van der Waals surface area contributed by atoms with Crippen molar-refractivity contribution in [1.82, 2.24) is 14.4 Å². The van der Waals surface area contributed by atoms with E-state index in [4.69, 9.17) is 9.26 Å². The van der Waals surface area contributed by atoms with E-state index in [0.717, 1.165) is 31.2 Å². The molecule has 1 aromatic carbocycles. The summed E-state index contributed by atoms with van der Waals surface area (Å²) in [6, 6.07) is 5.03. The second-order valence-electron chi connectivity index (χ2n) is 8.58. The number of amides is 1. The molecule has 168 valence electrons. The highest BCUT2D eigenvalue weighted by molar-refractivity contribution is 7.89. The lowest BCUT2D eigenvalue weighted by atomic mass is 9.76. The summed E-state index contributed by atoms with van der Waals surface area (Å²) in [7, 11) is -2.28. The molecule has 2 aliphatic rings. The standard InChI is InChI=1S/C21H28N4O5S/c1-14-6-7-17(22-15(2)26)18(10-14)31(27,28)25-11-16(21(13-25)8-4-5-9-21)20-23-19(12-29-3)24-30-20/h6-7,10,16H,4-5,8-9,11-13H2,1-3H3,(H,22,26). The number of methoxy groups -OCH3 is 1. The van der Waals surface area contributed by atoms with E-state index < -0.39 is 10.0 Å². The predicted octanol–water partition coefficient (Wildman–Crippen LogP) is 2.83. The number of anilines is 1. The molecule has 1 amide bonds. The highest BCUT2D eigenvalue weighted by atomic mass is 32.2. The molecule has 0 bridgehead atoms. The zero-order valence-corrected chi connectivity index (χ0v) is 18.9. The van der Waals surface area contributed by atoms with Crippen LogP contribution in [0.1, 0.15) is 55.8 Å². The first-order valence-electron chi connectivity index (χ1n) is 10.4. The minimum absolute atomic E-state index is 0.113. The molecule has 0 radical (unpaired) electrons. The fourth-order valence-electron chi connectivity index (χ4n) is 4.90. The molecule has 1 aromatic heterocycles. The fraction of sp³-hybridized carbons (Fsp3) is 0.571. The molecule has 4 rings (SSSR count). The quantitative estimate of drug-likeness (QED) is 0.722. The summed E-state index contributed by atoms with van der Waals surface area (Å²) in [4.78, 5) is 16.2. The van der Waals surface area contributed by atoms with Gasteiger partial charge in [0.25, 0.3) is 0 Å². The van der Waals surface area contributed by atoms with Crippen molar-refractivity contribution in [3.8, 4) is 0 Å². The van der Waals surface area contributed by atoms with Gasteiger partial charge in [-0.25, -0.2) is 8.42 Å². The second kappa shape index (κ2) is 8.33. The summed E-state index contributed by atoms with van der Waals surface area (Å²) >= 11 is 0. The van der Waals surface area contributed by atoms with Crippen LogP contribution in [0, 0.1) is 12.3 Å². The molecule has 2 fully saturated rings. The Morgan fingerprint density at radius 1 is 1.35 bits per heavy atom. The number of rotatable bonds is 6. The molecule has 1 saturated heterocycles. The van der Waals surface area contributed by atoms with E-state index in [9.17, 15) is 13.2 Å². The number of benzene rings is 1. The zero-order chi connectivity index (χ0) is 22.2. The molecule has 2 heterocycles. The number of carbonyl (C=O) groups is 1. The number of aromatic nitrogens is 2. The van der Waals surface area contributed by atoms with Crippen LogP contribution in [0.25, 0.3) is 0 Å². The lowest BCUT2D eigenvalue weighted by Crippen LogP contribution is -2.32. The number of nitrogens with one attached hydrogen (secondary N) is 1. The lowest BCUT2D eigenvalue weighted by molar-refractivity contribution is -0.114. The third kappa shape index (κ3) is 4.11. The van der Waals surface area contributed by atoms with Gasteiger partial charge in [0, 0.05) is 27.1 Å². The van der Waals surface area contributed by atoms with E-state index in [-0.39, 0.29) is 35.3 Å². The number of hydrogen-bond acceptors (Lipinski definition) is 7. The van der Waals surface area contributed by atoms with Crippen LogP contribution in [-0.4, -0.2) is 49.0 Å². The van der Waals surface area contributed by atoms with Gasteiger partial charge >= 0.3 is 0 Å². The molecular weight excluding hydrogens is 420 g/mol. The highest BCUT2D eigenvalue weighted by Crippen LogP contribution is 2.54. The number of carbonyl (C=O) groups excluding carboxylic acids is 1. The lowest BCUT2D eigenvalue weighted by Gasteiger charge is -2.27. The van der Waals surface area contributed by atoms with Crippen molar-refractivity contribution in [2.45, 2.75) is 57.0 Å². The molecule has 1 aliphatic heterocycles. The Morgan fingerprint density at radius 3 is 2.77 bits per heavy atom. The van der Waals surface area contributed by atoms with Crippen LogP contribution >= 0.6 is 0 Å².